The van der Waals surface area contributed by atoms with E-state index in [1.54, 1.807) is 11.3 Å². The van der Waals surface area contributed by atoms with Crippen LogP contribution in [0, 0.1) is 12.3 Å². The van der Waals surface area contributed by atoms with Crippen molar-refractivity contribution < 1.29 is 4.79 Å². The van der Waals surface area contributed by atoms with Crippen LogP contribution in [0.1, 0.15) is 41.8 Å². The third-order valence-corrected chi connectivity index (χ3v) is 5.61. The third kappa shape index (κ3) is 2.62. The molecule has 1 saturated carbocycles. The standard InChI is InChI=1S/C17H21N5OS/c1-3-13-18-6-7-21(13)11-17(4-5-17)10-19-15(23)14-12(2)20-16-22(14)8-9-24-16/h6-9H,3-5,10-11H2,1-2H3,(H,19,23). The zero-order chi connectivity index (χ0) is 16.7. The van der Waals surface area contributed by atoms with Gasteiger partial charge < -0.3 is 9.88 Å². The Morgan fingerprint density at radius 3 is 3.00 bits per heavy atom. The Morgan fingerprint density at radius 2 is 2.25 bits per heavy atom. The fourth-order valence-corrected chi connectivity index (χ4v) is 4.01. The smallest absolute Gasteiger partial charge is 0.270 e. The molecule has 1 fully saturated rings. The minimum Gasteiger partial charge on any atom is -0.350 e. The monoisotopic (exact) mass is 343 g/mol. The molecule has 4 rings (SSSR count). The lowest BCUT2D eigenvalue weighted by Gasteiger charge is -2.18. The van der Waals surface area contributed by atoms with E-state index in [1.165, 1.54) is 0 Å². The molecular formula is C17H21N5OS. The molecule has 3 heterocycles. The van der Waals surface area contributed by atoms with Crippen LogP contribution in [0.25, 0.3) is 4.96 Å². The molecule has 0 saturated heterocycles. The molecule has 0 radical (unpaired) electrons. The van der Waals surface area contributed by atoms with Crippen LogP contribution in [0.3, 0.4) is 0 Å². The molecule has 3 aromatic rings. The van der Waals surface area contributed by atoms with Crippen molar-refractivity contribution in [1.82, 2.24) is 24.3 Å². The highest BCUT2D eigenvalue weighted by Crippen LogP contribution is 2.46. The second-order valence-electron chi connectivity index (χ2n) is 6.61. The molecule has 1 N–H and O–H groups in total. The number of nitrogens with zero attached hydrogens (tertiary/aromatic N) is 4. The number of thiazole rings is 1. The maximum atomic E-state index is 12.7. The molecule has 3 aromatic heterocycles. The lowest BCUT2D eigenvalue weighted by Crippen LogP contribution is -2.33. The topological polar surface area (TPSA) is 64.2 Å². The Kier molecular flexibility index (Phi) is 3.68. The van der Waals surface area contributed by atoms with Gasteiger partial charge in [0.15, 0.2) is 4.96 Å². The summed E-state index contributed by atoms with van der Waals surface area (Å²) in [5.41, 5.74) is 1.61. The first-order valence-electron chi connectivity index (χ1n) is 8.32. The summed E-state index contributed by atoms with van der Waals surface area (Å²) in [6.45, 7) is 5.63. The molecule has 0 spiro atoms. The zero-order valence-electron chi connectivity index (χ0n) is 14.0. The van der Waals surface area contributed by atoms with Crippen LogP contribution in [0.4, 0.5) is 0 Å². The number of imidazole rings is 2. The first kappa shape index (κ1) is 15.4. The number of aromatic nitrogens is 4. The van der Waals surface area contributed by atoms with Crippen LogP contribution in [0.5, 0.6) is 0 Å². The van der Waals surface area contributed by atoms with Crippen LogP contribution >= 0.6 is 11.3 Å². The molecule has 24 heavy (non-hydrogen) atoms. The Balaban J connectivity index is 1.45. The third-order valence-electron chi connectivity index (χ3n) is 4.86. The van der Waals surface area contributed by atoms with Gasteiger partial charge in [-0.1, -0.05) is 6.92 Å². The fourth-order valence-electron chi connectivity index (χ4n) is 3.25. The van der Waals surface area contributed by atoms with Crippen molar-refractivity contribution in [3.05, 3.63) is 41.2 Å². The molecule has 7 heteroatoms. The normalized spacial score (nSPS) is 15.8. The van der Waals surface area contributed by atoms with Crippen molar-refractivity contribution in [3.8, 4) is 0 Å². The van der Waals surface area contributed by atoms with E-state index in [0.717, 1.165) is 42.3 Å². The minimum atomic E-state index is -0.0361. The molecule has 1 amide bonds. The van der Waals surface area contributed by atoms with Crippen molar-refractivity contribution in [3.63, 3.8) is 0 Å². The summed E-state index contributed by atoms with van der Waals surface area (Å²) >= 11 is 1.54. The number of rotatable bonds is 6. The Labute approximate surface area is 144 Å². The number of fused-ring (bicyclic) bond motifs is 1. The van der Waals surface area contributed by atoms with Gasteiger partial charge in [0.2, 0.25) is 0 Å². The average Bonchev–Trinajstić information content (AvgIpc) is 2.88. The molecule has 0 aromatic carbocycles. The molecule has 6 nitrogen and oxygen atoms in total. The van der Waals surface area contributed by atoms with Gasteiger partial charge in [0.1, 0.15) is 11.5 Å². The van der Waals surface area contributed by atoms with Gasteiger partial charge in [0.05, 0.1) is 5.69 Å². The molecule has 0 atom stereocenters. The van der Waals surface area contributed by atoms with E-state index in [2.05, 4.69) is 26.8 Å². The quantitative estimate of drug-likeness (QED) is 0.748. The van der Waals surface area contributed by atoms with Crippen LogP contribution in [-0.2, 0) is 13.0 Å². The summed E-state index contributed by atoms with van der Waals surface area (Å²) in [5.74, 6) is 1.07. The van der Waals surface area contributed by atoms with E-state index >= 15 is 0 Å². The Morgan fingerprint density at radius 1 is 1.42 bits per heavy atom. The number of amides is 1. The number of aryl methyl sites for hydroxylation is 2. The largest absolute Gasteiger partial charge is 0.350 e. The minimum absolute atomic E-state index is 0.0361. The lowest BCUT2D eigenvalue weighted by molar-refractivity contribution is 0.0936. The lowest BCUT2D eigenvalue weighted by atomic mass is 10.1. The highest BCUT2D eigenvalue weighted by molar-refractivity contribution is 7.15. The average molecular weight is 343 g/mol. The summed E-state index contributed by atoms with van der Waals surface area (Å²) in [5, 5.41) is 5.08. The van der Waals surface area contributed by atoms with Gasteiger partial charge in [-0.25, -0.2) is 9.97 Å². The summed E-state index contributed by atoms with van der Waals surface area (Å²) in [6, 6.07) is 0. The van der Waals surface area contributed by atoms with E-state index in [1.807, 2.05) is 35.3 Å². The first-order valence-corrected chi connectivity index (χ1v) is 9.20. The van der Waals surface area contributed by atoms with Gasteiger partial charge in [0.25, 0.3) is 5.91 Å². The van der Waals surface area contributed by atoms with E-state index in [4.69, 9.17) is 0 Å². The molecule has 0 unspecified atom stereocenters. The predicted molar refractivity (Wildman–Crippen MR) is 93.4 cm³/mol. The fraction of sp³-hybridized carbons (Fsp3) is 0.471. The number of carbonyl (C=O) groups excluding carboxylic acids is 1. The van der Waals surface area contributed by atoms with Gasteiger partial charge in [-0.15, -0.1) is 11.3 Å². The van der Waals surface area contributed by atoms with Crippen LogP contribution < -0.4 is 5.32 Å². The Bertz CT molecular complexity index is 886. The van der Waals surface area contributed by atoms with Crippen LogP contribution in [0.15, 0.2) is 24.0 Å². The summed E-state index contributed by atoms with van der Waals surface area (Å²) in [6.07, 6.45) is 9.02. The highest BCUT2D eigenvalue weighted by Gasteiger charge is 2.43. The maximum Gasteiger partial charge on any atom is 0.270 e. The SMILES string of the molecule is CCc1nccn1CC1(CNC(=O)c2c(C)nc3sccn23)CC1. The van der Waals surface area contributed by atoms with Crippen molar-refractivity contribution in [1.29, 1.82) is 0 Å². The predicted octanol–water partition coefficient (Wildman–Crippen LogP) is 2.67. The van der Waals surface area contributed by atoms with Crippen LogP contribution in [0.2, 0.25) is 0 Å². The van der Waals surface area contributed by atoms with Crippen molar-refractivity contribution in [2.24, 2.45) is 5.41 Å². The molecule has 0 aliphatic heterocycles. The van der Waals surface area contributed by atoms with E-state index in [-0.39, 0.29) is 11.3 Å². The second-order valence-corrected chi connectivity index (χ2v) is 7.48. The number of hydrogen-bond acceptors (Lipinski definition) is 4. The molecule has 0 bridgehead atoms. The highest BCUT2D eigenvalue weighted by atomic mass is 32.1. The van der Waals surface area contributed by atoms with E-state index in [9.17, 15) is 4.79 Å². The Hall–Kier alpha value is -2.15. The first-order chi connectivity index (χ1) is 11.6. The molecule has 1 aliphatic carbocycles. The van der Waals surface area contributed by atoms with Crippen LogP contribution in [-0.4, -0.2) is 31.4 Å². The number of hydrogen-bond donors (Lipinski definition) is 1. The zero-order valence-corrected chi connectivity index (χ0v) is 14.8. The van der Waals surface area contributed by atoms with Gasteiger partial charge in [-0.05, 0) is 19.8 Å². The summed E-state index contributed by atoms with van der Waals surface area (Å²) in [4.78, 5) is 22.4. The van der Waals surface area contributed by atoms with Crippen molar-refractivity contribution in [2.75, 3.05) is 6.54 Å². The molecule has 126 valence electrons. The van der Waals surface area contributed by atoms with Gasteiger partial charge in [0, 0.05) is 48.9 Å². The molecular weight excluding hydrogens is 322 g/mol. The van der Waals surface area contributed by atoms with E-state index < -0.39 is 0 Å². The number of nitrogens with one attached hydrogen (secondary N) is 1. The van der Waals surface area contributed by atoms with Gasteiger partial charge in [-0.2, -0.15) is 0 Å². The summed E-state index contributed by atoms with van der Waals surface area (Å²) in [7, 11) is 0. The maximum absolute atomic E-state index is 12.7. The molecule has 1 aliphatic rings. The van der Waals surface area contributed by atoms with E-state index in [0.29, 0.717) is 12.2 Å². The second kappa shape index (κ2) is 5.73. The number of carbonyl (C=O) groups is 1. The van der Waals surface area contributed by atoms with Gasteiger partial charge >= 0.3 is 0 Å². The van der Waals surface area contributed by atoms with Crippen molar-refractivity contribution >= 4 is 22.2 Å². The van der Waals surface area contributed by atoms with Gasteiger partial charge in [-0.3, -0.25) is 9.20 Å². The summed E-state index contributed by atoms with van der Waals surface area (Å²) < 4.78 is 4.10. The van der Waals surface area contributed by atoms with Crippen molar-refractivity contribution in [2.45, 2.75) is 39.7 Å².